The van der Waals surface area contributed by atoms with Crippen LogP contribution in [0.3, 0.4) is 0 Å². The molecule has 4 aromatic heterocycles. The largest absolute Gasteiger partial charge is 0.381 e. The first-order valence-corrected chi connectivity index (χ1v) is 15.0. The van der Waals surface area contributed by atoms with Crippen LogP contribution in [0.1, 0.15) is 91.9 Å². The number of benzene rings is 1. The number of hydrogen-bond acceptors (Lipinski definition) is 8. The molecule has 1 aliphatic heterocycles. The minimum Gasteiger partial charge on any atom is -0.381 e. The van der Waals surface area contributed by atoms with Crippen molar-refractivity contribution in [2.45, 2.75) is 77.3 Å². The second-order valence-corrected chi connectivity index (χ2v) is 12.6. The third-order valence-corrected chi connectivity index (χ3v) is 8.49. The van der Waals surface area contributed by atoms with Crippen LogP contribution in [0, 0.1) is 6.92 Å². The molecule has 5 aromatic rings. The molecular weight excluding hydrogens is 544 g/mol. The first kappa shape index (κ1) is 27.5. The second-order valence-electron chi connectivity index (χ2n) is 12.6. The number of nitrogens with one attached hydrogen (secondary N) is 2. The van der Waals surface area contributed by atoms with E-state index in [1.54, 1.807) is 0 Å². The highest BCUT2D eigenvalue weighted by Crippen LogP contribution is 2.36. The second kappa shape index (κ2) is 10.7. The number of imidazole rings is 1. The molecule has 0 unspecified atom stereocenters. The normalized spacial score (nSPS) is 17.7. The van der Waals surface area contributed by atoms with Crippen LogP contribution >= 0.6 is 0 Å². The fraction of sp³-hybridized carbons (Fsp3) is 0.438. The van der Waals surface area contributed by atoms with E-state index >= 15 is 0 Å². The average molecular weight is 581 g/mol. The van der Waals surface area contributed by atoms with Crippen molar-refractivity contribution in [3.8, 4) is 22.5 Å². The van der Waals surface area contributed by atoms with Gasteiger partial charge in [-0.15, -0.1) is 0 Å². The Morgan fingerprint density at radius 1 is 1.09 bits per heavy atom. The molecule has 0 saturated carbocycles. The number of aromatic nitrogens is 7. The van der Waals surface area contributed by atoms with Gasteiger partial charge in [-0.05, 0) is 61.8 Å². The Morgan fingerprint density at radius 3 is 2.72 bits per heavy atom. The molecule has 2 aliphatic rings. The molecule has 222 valence electrons. The average Bonchev–Trinajstić information content (AvgIpc) is 3.75. The molecule has 7 rings (SSSR count). The van der Waals surface area contributed by atoms with Gasteiger partial charge in [0.15, 0.2) is 11.5 Å². The lowest BCUT2D eigenvalue weighted by molar-refractivity contribution is 0.0662. The molecule has 1 atom stereocenters. The number of carbonyl (C=O) groups excluding carboxylic acids is 1. The summed E-state index contributed by atoms with van der Waals surface area (Å²) >= 11 is 0. The van der Waals surface area contributed by atoms with E-state index < -0.39 is 0 Å². The quantitative estimate of drug-likeness (QED) is 0.273. The first-order chi connectivity index (χ1) is 20.7. The van der Waals surface area contributed by atoms with E-state index in [1.165, 1.54) is 5.56 Å². The van der Waals surface area contributed by atoms with Gasteiger partial charge in [0.2, 0.25) is 0 Å². The zero-order valence-electron chi connectivity index (χ0n) is 25.0. The van der Waals surface area contributed by atoms with Gasteiger partial charge in [-0.2, -0.15) is 10.1 Å². The van der Waals surface area contributed by atoms with Gasteiger partial charge < -0.3 is 19.6 Å². The number of H-pyrrole nitrogens is 1. The van der Waals surface area contributed by atoms with Crippen LogP contribution in [0.15, 0.2) is 41.2 Å². The summed E-state index contributed by atoms with van der Waals surface area (Å²) in [6.45, 7) is 9.50. The molecule has 43 heavy (non-hydrogen) atoms. The van der Waals surface area contributed by atoms with Crippen molar-refractivity contribution in [1.82, 2.24) is 40.2 Å². The predicted octanol–water partition coefficient (Wildman–Crippen LogP) is 5.64. The van der Waals surface area contributed by atoms with Crippen molar-refractivity contribution in [3.05, 3.63) is 65.2 Å². The van der Waals surface area contributed by atoms with E-state index in [-0.39, 0.29) is 23.3 Å². The number of pyridine rings is 1. The number of fused-ring (bicyclic) bond motifs is 2. The lowest BCUT2D eigenvalue weighted by Gasteiger charge is -2.26. The lowest BCUT2D eigenvalue weighted by Crippen LogP contribution is -2.31. The standard InChI is InChI=1S/C32H36N8O3/c1-18-24(17-40(38-18)21-11-14-42-15-12-21)27-35-26-23(10-13-33-28(26)36-27)20-8-9-22-19(16-20)6-5-7-25(22)34-29(41)30-37-31(39-43-30)32(2,3)4/h8-10,13,16-17,21,25H,5-7,11-12,14-15H2,1-4H3,(H,34,41)(H,33,35,36)/t25-/m0/s1. The van der Waals surface area contributed by atoms with Gasteiger partial charge in [0.05, 0.1) is 23.3 Å². The van der Waals surface area contributed by atoms with Gasteiger partial charge in [0.25, 0.3) is 0 Å². The minimum absolute atomic E-state index is 0.00396. The predicted molar refractivity (Wildman–Crippen MR) is 161 cm³/mol. The molecule has 0 spiro atoms. The van der Waals surface area contributed by atoms with E-state index in [2.05, 4.69) is 54.5 Å². The van der Waals surface area contributed by atoms with Crippen molar-refractivity contribution in [3.63, 3.8) is 0 Å². The molecule has 1 amide bonds. The van der Waals surface area contributed by atoms with Crippen molar-refractivity contribution in [2.75, 3.05) is 13.2 Å². The van der Waals surface area contributed by atoms with E-state index in [9.17, 15) is 4.79 Å². The van der Waals surface area contributed by atoms with Gasteiger partial charge >= 0.3 is 11.8 Å². The Kier molecular flexibility index (Phi) is 6.84. The van der Waals surface area contributed by atoms with Crippen LogP contribution < -0.4 is 5.32 Å². The molecule has 2 N–H and O–H groups in total. The van der Waals surface area contributed by atoms with E-state index in [0.717, 1.165) is 90.3 Å². The minimum atomic E-state index is -0.347. The fourth-order valence-corrected chi connectivity index (χ4v) is 6.09. The number of nitrogens with zero attached hydrogens (tertiary/aromatic N) is 6. The Hall–Kier alpha value is -4.38. The van der Waals surface area contributed by atoms with Gasteiger partial charge in [-0.1, -0.05) is 44.1 Å². The lowest BCUT2D eigenvalue weighted by atomic mass is 9.85. The highest BCUT2D eigenvalue weighted by atomic mass is 16.5. The molecule has 11 heteroatoms. The zero-order chi connectivity index (χ0) is 29.7. The molecule has 1 aromatic carbocycles. The number of ether oxygens (including phenoxy) is 1. The fourth-order valence-electron chi connectivity index (χ4n) is 6.09. The first-order valence-electron chi connectivity index (χ1n) is 15.0. The molecule has 1 saturated heterocycles. The molecule has 5 heterocycles. The highest BCUT2D eigenvalue weighted by molar-refractivity contribution is 5.92. The van der Waals surface area contributed by atoms with Crippen LogP contribution in [-0.4, -0.2) is 54.0 Å². The van der Waals surface area contributed by atoms with Crippen LogP contribution in [-0.2, 0) is 16.6 Å². The number of hydrogen-bond donors (Lipinski definition) is 2. The van der Waals surface area contributed by atoms with E-state index in [4.69, 9.17) is 19.3 Å². The summed E-state index contributed by atoms with van der Waals surface area (Å²) in [7, 11) is 0. The number of amides is 1. The maximum atomic E-state index is 13.0. The molecular formula is C32H36N8O3. The Labute approximate surface area is 249 Å². The zero-order valence-corrected chi connectivity index (χ0v) is 25.0. The van der Waals surface area contributed by atoms with Crippen LogP contribution in [0.4, 0.5) is 0 Å². The summed E-state index contributed by atoms with van der Waals surface area (Å²) in [5, 5.41) is 11.9. The van der Waals surface area contributed by atoms with E-state index in [1.807, 2.05) is 40.0 Å². The van der Waals surface area contributed by atoms with Crippen molar-refractivity contribution in [2.24, 2.45) is 0 Å². The number of rotatable bonds is 5. The van der Waals surface area contributed by atoms with Gasteiger partial charge in [0, 0.05) is 36.6 Å². The van der Waals surface area contributed by atoms with Gasteiger partial charge in [0.1, 0.15) is 11.3 Å². The summed E-state index contributed by atoms with van der Waals surface area (Å²) in [5.74, 6) is 0.929. The number of aromatic amines is 1. The number of aryl methyl sites for hydroxylation is 2. The van der Waals surface area contributed by atoms with Gasteiger partial charge in [-0.25, -0.2) is 9.97 Å². The van der Waals surface area contributed by atoms with Gasteiger partial charge in [-0.3, -0.25) is 9.48 Å². The van der Waals surface area contributed by atoms with Crippen molar-refractivity contribution < 1.29 is 14.1 Å². The maximum Gasteiger partial charge on any atom is 0.315 e. The topological polar surface area (TPSA) is 137 Å². The van der Waals surface area contributed by atoms with Crippen molar-refractivity contribution in [1.29, 1.82) is 0 Å². The Balaban J connectivity index is 1.16. The van der Waals surface area contributed by atoms with E-state index in [0.29, 0.717) is 11.9 Å². The van der Waals surface area contributed by atoms with Crippen LogP contribution in [0.5, 0.6) is 0 Å². The maximum absolute atomic E-state index is 13.0. The highest BCUT2D eigenvalue weighted by Gasteiger charge is 2.28. The summed E-state index contributed by atoms with van der Waals surface area (Å²) in [6.07, 6.45) is 8.59. The smallest absolute Gasteiger partial charge is 0.315 e. The third-order valence-electron chi connectivity index (χ3n) is 8.49. The summed E-state index contributed by atoms with van der Waals surface area (Å²) in [5.41, 5.74) is 7.58. The molecule has 1 fully saturated rings. The Bertz CT molecular complexity index is 1800. The molecule has 11 nitrogen and oxygen atoms in total. The molecule has 0 radical (unpaired) electrons. The number of carbonyl (C=O) groups is 1. The summed E-state index contributed by atoms with van der Waals surface area (Å²) < 4.78 is 12.9. The van der Waals surface area contributed by atoms with Crippen LogP contribution in [0.25, 0.3) is 33.7 Å². The molecule has 0 bridgehead atoms. The third kappa shape index (κ3) is 5.22. The summed E-state index contributed by atoms with van der Waals surface area (Å²) in [4.78, 5) is 30.4. The SMILES string of the molecule is Cc1nn(C2CCOCC2)cc1-c1nc2c(-c3ccc4c(c3)CCC[C@@H]4NC(=O)c3nc(C(C)(C)C)no3)ccnc2[nH]1. The van der Waals surface area contributed by atoms with Crippen LogP contribution in [0.2, 0.25) is 0 Å². The summed E-state index contributed by atoms with van der Waals surface area (Å²) in [6, 6.07) is 8.67. The Morgan fingerprint density at radius 2 is 1.93 bits per heavy atom. The monoisotopic (exact) mass is 580 g/mol. The van der Waals surface area contributed by atoms with Crippen molar-refractivity contribution >= 4 is 17.1 Å². The molecule has 1 aliphatic carbocycles.